The summed E-state index contributed by atoms with van der Waals surface area (Å²) in [5, 5.41) is 17.6. The Morgan fingerprint density at radius 1 is 1.12 bits per heavy atom. The summed E-state index contributed by atoms with van der Waals surface area (Å²) < 4.78 is 1.86. The summed E-state index contributed by atoms with van der Waals surface area (Å²) in [7, 11) is 0. The van der Waals surface area contributed by atoms with Crippen LogP contribution >= 0.6 is 0 Å². The molecular formula is C17H28N6O2. The molecule has 2 aliphatic heterocycles. The van der Waals surface area contributed by atoms with E-state index in [0.717, 1.165) is 51.0 Å². The molecule has 0 spiro atoms. The van der Waals surface area contributed by atoms with Gasteiger partial charge in [0.05, 0.1) is 19.2 Å². The smallest absolute Gasteiger partial charge is 0.318 e. The molecule has 3 aliphatic rings. The van der Waals surface area contributed by atoms with E-state index in [2.05, 4.69) is 20.3 Å². The number of amides is 2. The average molecular weight is 348 g/mol. The number of rotatable bonds is 2. The minimum Gasteiger partial charge on any atom is -0.391 e. The largest absolute Gasteiger partial charge is 0.391 e. The van der Waals surface area contributed by atoms with E-state index in [-0.39, 0.29) is 18.2 Å². The van der Waals surface area contributed by atoms with E-state index in [0.29, 0.717) is 25.7 Å². The Morgan fingerprint density at radius 3 is 2.72 bits per heavy atom. The second-order valence-electron chi connectivity index (χ2n) is 7.50. The highest BCUT2D eigenvalue weighted by atomic mass is 16.3. The fourth-order valence-electron chi connectivity index (χ4n) is 4.39. The van der Waals surface area contributed by atoms with Crippen molar-refractivity contribution in [3.05, 3.63) is 12.2 Å². The van der Waals surface area contributed by atoms with Gasteiger partial charge in [0.15, 0.2) is 0 Å². The molecule has 2 fully saturated rings. The van der Waals surface area contributed by atoms with Crippen molar-refractivity contribution in [2.45, 2.75) is 69.8 Å². The standard InChI is InChI=1S/C17H28N6O2/c24-15-4-2-1-3-14(15)21-7-5-13(6-8-21)20-17(25)22-9-10-23-16(11-22)18-12-19-23/h12-15,24H,1-11H2,(H,20,25). The van der Waals surface area contributed by atoms with Gasteiger partial charge in [-0.3, -0.25) is 4.90 Å². The highest BCUT2D eigenvalue weighted by Crippen LogP contribution is 2.26. The molecule has 2 atom stereocenters. The first kappa shape index (κ1) is 16.8. The SMILES string of the molecule is O=C(NC1CCN(C2CCCCC2O)CC1)N1CCn2ncnc2C1. The number of hydrogen-bond donors (Lipinski definition) is 2. The van der Waals surface area contributed by atoms with Crippen molar-refractivity contribution in [3.8, 4) is 0 Å². The van der Waals surface area contributed by atoms with Crippen LogP contribution in [0.25, 0.3) is 0 Å². The third kappa shape index (κ3) is 3.64. The molecule has 0 bridgehead atoms. The first-order chi connectivity index (χ1) is 12.2. The van der Waals surface area contributed by atoms with E-state index in [1.165, 1.54) is 6.42 Å². The van der Waals surface area contributed by atoms with Crippen LogP contribution in [0.2, 0.25) is 0 Å². The summed E-state index contributed by atoms with van der Waals surface area (Å²) >= 11 is 0. The lowest BCUT2D eigenvalue weighted by Crippen LogP contribution is -2.54. The maximum absolute atomic E-state index is 12.5. The maximum Gasteiger partial charge on any atom is 0.318 e. The van der Waals surface area contributed by atoms with Crippen molar-refractivity contribution in [1.82, 2.24) is 29.9 Å². The minimum atomic E-state index is -0.175. The average Bonchev–Trinajstić information content (AvgIpc) is 3.10. The fraction of sp³-hybridized carbons (Fsp3) is 0.824. The number of nitrogens with one attached hydrogen (secondary N) is 1. The predicted molar refractivity (Wildman–Crippen MR) is 91.8 cm³/mol. The Labute approximate surface area is 148 Å². The van der Waals surface area contributed by atoms with Crippen molar-refractivity contribution in [2.24, 2.45) is 0 Å². The molecule has 2 unspecified atom stereocenters. The molecule has 1 aromatic rings. The quantitative estimate of drug-likeness (QED) is 0.816. The minimum absolute atomic E-state index is 0.00500. The normalized spacial score (nSPS) is 28.6. The van der Waals surface area contributed by atoms with Gasteiger partial charge in [-0.2, -0.15) is 5.10 Å². The van der Waals surface area contributed by atoms with Crippen LogP contribution in [0.15, 0.2) is 6.33 Å². The highest BCUT2D eigenvalue weighted by Gasteiger charge is 2.32. The van der Waals surface area contributed by atoms with Crippen LogP contribution in [-0.2, 0) is 13.1 Å². The molecule has 0 radical (unpaired) electrons. The summed E-state index contributed by atoms with van der Waals surface area (Å²) in [5.74, 6) is 0.850. The summed E-state index contributed by atoms with van der Waals surface area (Å²) in [5.41, 5.74) is 0. The number of aliphatic hydroxyl groups is 1. The van der Waals surface area contributed by atoms with Crippen LogP contribution in [0.1, 0.15) is 44.3 Å². The van der Waals surface area contributed by atoms with Gasteiger partial charge in [0.1, 0.15) is 12.2 Å². The molecule has 2 amide bonds. The monoisotopic (exact) mass is 348 g/mol. The first-order valence-electron chi connectivity index (χ1n) is 9.55. The van der Waals surface area contributed by atoms with E-state index in [9.17, 15) is 9.90 Å². The molecule has 1 aromatic heterocycles. The van der Waals surface area contributed by atoms with Crippen LogP contribution in [0.5, 0.6) is 0 Å². The number of aliphatic hydroxyl groups excluding tert-OH is 1. The van der Waals surface area contributed by atoms with Gasteiger partial charge in [0.25, 0.3) is 0 Å². The summed E-state index contributed by atoms with van der Waals surface area (Å²) in [6.45, 7) is 3.83. The number of hydrogen-bond acceptors (Lipinski definition) is 5. The molecule has 138 valence electrons. The third-order valence-electron chi connectivity index (χ3n) is 5.92. The molecule has 8 heteroatoms. The molecule has 4 rings (SSSR count). The van der Waals surface area contributed by atoms with Crippen LogP contribution in [0.4, 0.5) is 4.79 Å². The van der Waals surface area contributed by atoms with Gasteiger partial charge in [0, 0.05) is 31.7 Å². The number of piperidine rings is 1. The zero-order valence-electron chi connectivity index (χ0n) is 14.7. The predicted octanol–water partition coefficient (Wildman–Crippen LogP) is 0.571. The zero-order chi connectivity index (χ0) is 17.2. The summed E-state index contributed by atoms with van der Waals surface area (Å²) in [6, 6.07) is 0.550. The molecule has 3 heterocycles. The Bertz CT molecular complexity index is 598. The zero-order valence-corrected chi connectivity index (χ0v) is 14.7. The first-order valence-corrected chi connectivity index (χ1v) is 9.55. The molecule has 1 saturated heterocycles. The molecule has 1 aliphatic carbocycles. The molecule has 8 nitrogen and oxygen atoms in total. The number of fused-ring (bicyclic) bond motifs is 1. The van der Waals surface area contributed by atoms with Crippen molar-refractivity contribution in [2.75, 3.05) is 19.6 Å². The number of carbonyl (C=O) groups is 1. The van der Waals surface area contributed by atoms with Crippen LogP contribution < -0.4 is 5.32 Å². The number of urea groups is 1. The molecule has 0 aromatic carbocycles. The molecule has 1 saturated carbocycles. The van der Waals surface area contributed by atoms with Crippen molar-refractivity contribution < 1.29 is 9.90 Å². The van der Waals surface area contributed by atoms with Gasteiger partial charge in [-0.1, -0.05) is 12.8 Å². The number of aromatic nitrogens is 3. The van der Waals surface area contributed by atoms with E-state index in [4.69, 9.17) is 0 Å². The third-order valence-corrected chi connectivity index (χ3v) is 5.92. The highest BCUT2D eigenvalue weighted by molar-refractivity contribution is 5.74. The van der Waals surface area contributed by atoms with E-state index >= 15 is 0 Å². The molecular weight excluding hydrogens is 320 g/mol. The van der Waals surface area contributed by atoms with Crippen molar-refractivity contribution in [3.63, 3.8) is 0 Å². The van der Waals surface area contributed by atoms with Crippen LogP contribution in [0.3, 0.4) is 0 Å². The second kappa shape index (κ2) is 7.29. The van der Waals surface area contributed by atoms with Crippen LogP contribution in [-0.4, -0.2) is 73.5 Å². The van der Waals surface area contributed by atoms with E-state index in [1.807, 2.05) is 9.58 Å². The molecule has 25 heavy (non-hydrogen) atoms. The van der Waals surface area contributed by atoms with Crippen molar-refractivity contribution in [1.29, 1.82) is 0 Å². The lowest BCUT2D eigenvalue weighted by molar-refractivity contribution is 0.00746. The summed E-state index contributed by atoms with van der Waals surface area (Å²) in [4.78, 5) is 21.0. The molecule has 2 N–H and O–H groups in total. The number of nitrogens with zero attached hydrogens (tertiary/aromatic N) is 5. The van der Waals surface area contributed by atoms with Crippen LogP contribution in [0, 0.1) is 0 Å². The Kier molecular flexibility index (Phi) is 4.89. The Balaban J connectivity index is 1.25. The number of likely N-dealkylation sites (tertiary alicyclic amines) is 1. The lowest BCUT2D eigenvalue weighted by atomic mass is 9.89. The van der Waals surface area contributed by atoms with Crippen molar-refractivity contribution >= 4 is 6.03 Å². The topological polar surface area (TPSA) is 86.5 Å². The van der Waals surface area contributed by atoms with E-state index < -0.39 is 0 Å². The summed E-state index contributed by atoms with van der Waals surface area (Å²) in [6.07, 6.45) is 7.69. The second-order valence-corrected chi connectivity index (χ2v) is 7.50. The van der Waals surface area contributed by atoms with Gasteiger partial charge in [0.2, 0.25) is 0 Å². The van der Waals surface area contributed by atoms with Gasteiger partial charge < -0.3 is 15.3 Å². The fourth-order valence-corrected chi connectivity index (χ4v) is 4.39. The van der Waals surface area contributed by atoms with Gasteiger partial charge in [-0.15, -0.1) is 0 Å². The van der Waals surface area contributed by atoms with Gasteiger partial charge in [-0.05, 0) is 25.7 Å². The maximum atomic E-state index is 12.5. The Hall–Kier alpha value is -1.67. The lowest BCUT2D eigenvalue weighted by Gasteiger charge is -2.42. The van der Waals surface area contributed by atoms with Gasteiger partial charge >= 0.3 is 6.03 Å². The Morgan fingerprint density at radius 2 is 1.92 bits per heavy atom. The number of carbonyl (C=O) groups excluding carboxylic acids is 1. The van der Waals surface area contributed by atoms with Gasteiger partial charge in [-0.25, -0.2) is 14.5 Å². The van der Waals surface area contributed by atoms with E-state index in [1.54, 1.807) is 6.33 Å².